The number of aliphatic hydroxyl groups excluding tert-OH is 1. The predicted octanol–water partition coefficient (Wildman–Crippen LogP) is 1.92. The minimum absolute atomic E-state index is 0.469. The largest absolute Gasteiger partial charge is 0.386 e. The number of halogens is 1. The van der Waals surface area contributed by atoms with E-state index >= 15 is 0 Å². The van der Waals surface area contributed by atoms with Gasteiger partial charge in [0.1, 0.15) is 0 Å². The first-order valence-corrected chi connectivity index (χ1v) is 5.59. The molecule has 0 saturated heterocycles. The monoisotopic (exact) mass is 239 g/mol. The molecule has 0 aromatic heterocycles. The number of benzene rings is 1. The van der Waals surface area contributed by atoms with Crippen molar-refractivity contribution < 1.29 is 14.3 Å². The second-order valence-electron chi connectivity index (χ2n) is 4.16. The highest BCUT2D eigenvalue weighted by Gasteiger charge is 2.26. The number of hydrogen-bond donors (Lipinski definition) is 1. The second-order valence-corrected chi connectivity index (χ2v) is 4.16. The molecular formula is C13H18FNO2. The van der Waals surface area contributed by atoms with Gasteiger partial charge < -0.3 is 10.0 Å². The Labute approximate surface area is 101 Å². The fraction of sp³-hybridized carbons (Fsp3) is 0.462. The number of alkyl halides is 1. The van der Waals surface area contributed by atoms with E-state index in [-0.39, 0.29) is 0 Å². The minimum atomic E-state index is -1.55. The van der Waals surface area contributed by atoms with Crippen molar-refractivity contribution in [3.05, 3.63) is 35.9 Å². The molecule has 1 rings (SSSR count). The molecule has 0 radical (unpaired) electrons. The van der Waals surface area contributed by atoms with E-state index in [1.54, 1.807) is 19.1 Å². The summed E-state index contributed by atoms with van der Waals surface area (Å²) >= 11 is 0. The van der Waals surface area contributed by atoms with Crippen LogP contribution in [-0.2, 0) is 4.79 Å². The first-order chi connectivity index (χ1) is 7.95. The summed E-state index contributed by atoms with van der Waals surface area (Å²) in [6, 6.07) is 8.55. The molecular weight excluding hydrogens is 221 g/mol. The normalized spacial score (nSPS) is 16.1. The summed E-state index contributed by atoms with van der Waals surface area (Å²) < 4.78 is 12.9. The van der Waals surface area contributed by atoms with E-state index in [9.17, 15) is 14.3 Å². The van der Waals surface area contributed by atoms with Gasteiger partial charge in [-0.25, -0.2) is 4.39 Å². The van der Waals surface area contributed by atoms with Gasteiger partial charge in [0, 0.05) is 7.05 Å². The van der Waals surface area contributed by atoms with Gasteiger partial charge in [0.05, 0.1) is 12.1 Å². The quantitative estimate of drug-likeness (QED) is 0.872. The molecule has 1 aromatic rings. The minimum Gasteiger partial charge on any atom is -0.386 e. The van der Waals surface area contributed by atoms with Crippen molar-refractivity contribution in [3.63, 3.8) is 0 Å². The molecule has 1 amide bonds. The van der Waals surface area contributed by atoms with Gasteiger partial charge in [0.25, 0.3) is 5.91 Å². The van der Waals surface area contributed by atoms with Gasteiger partial charge in [-0.15, -0.1) is 0 Å². The van der Waals surface area contributed by atoms with E-state index in [4.69, 9.17) is 0 Å². The van der Waals surface area contributed by atoms with Gasteiger partial charge >= 0.3 is 0 Å². The average Bonchev–Trinajstić information content (AvgIpc) is 2.36. The van der Waals surface area contributed by atoms with Gasteiger partial charge in [-0.05, 0) is 19.4 Å². The summed E-state index contributed by atoms with van der Waals surface area (Å²) in [5.41, 5.74) is 0.714. The lowest BCUT2D eigenvalue weighted by Crippen LogP contribution is -2.42. The maximum absolute atomic E-state index is 12.9. The topological polar surface area (TPSA) is 40.5 Å². The lowest BCUT2D eigenvalue weighted by molar-refractivity contribution is -0.138. The summed E-state index contributed by atoms with van der Waals surface area (Å²) in [5.74, 6) is -0.618. The fourth-order valence-corrected chi connectivity index (χ4v) is 1.62. The standard InChI is InChI=1S/C13H18FNO2/c1-9(14)13(17)15(3)10(2)12(16)11-7-5-4-6-8-11/h4-10,12,16H,1-3H3/t9-,10+,12-/m1/s1. The summed E-state index contributed by atoms with van der Waals surface area (Å²) in [6.07, 6.45) is -2.37. The highest BCUT2D eigenvalue weighted by Crippen LogP contribution is 2.20. The van der Waals surface area contributed by atoms with Crippen molar-refractivity contribution in [1.29, 1.82) is 0 Å². The molecule has 0 heterocycles. The number of hydrogen-bond acceptors (Lipinski definition) is 2. The molecule has 0 aliphatic heterocycles. The van der Waals surface area contributed by atoms with Crippen LogP contribution >= 0.6 is 0 Å². The molecule has 4 heteroatoms. The first-order valence-electron chi connectivity index (χ1n) is 5.59. The molecule has 0 unspecified atom stereocenters. The third-order valence-electron chi connectivity index (χ3n) is 2.90. The van der Waals surface area contributed by atoms with Crippen molar-refractivity contribution in [2.24, 2.45) is 0 Å². The van der Waals surface area contributed by atoms with Crippen LogP contribution in [0.2, 0.25) is 0 Å². The number of likely N-dealkylation sites (N-methyl/N-ethyl adjacent to an activating group) is 1. The molecule has 0 spiro atoms. The Morgan fingerprint density at radius 1 is 1.29 bits per heavy atom. The Kier molecular flexibility index (Phi) is 4.63. The van der Waals surface area contributed by atoms with E-state index in [1.165, 1.54) is 18.9 Å². The molecule has 0 aliphatic carbocycles. The number of nitrogens with zero attached hydrogens (tertiary/aromatic N) is 1. The summed E-state index contributed by atoms with van der Waals surface area (Å²) in [7, 11) is 1.50. The number of rotatable bonds is 4. The average molecular weight is 239 g/mol. The van der Waals surface area contributed by atoms with Crippen LogP contribution < -0.4 is 0 Å². The highest BCUT2D eigenvalue weighted by atomic mass is 19.1. The SMILES string of the molecule is C[C@@H](F)C(=O)N(C)[C@@H](C)[C@@H](O)c1ccccc1. The Hall–Kier alpha value is -1.42. The Balaban J connectivity index is 2.76. The first kappa shape index (κ1) is 13.6. The molecule has 17 heavy (non-hydrogen) atoms. The van der Waals surface area contributed by atoms with E-state index < -0.39 is 24.2 Å². The molecule has 94 valence electrons. The molecule has 0 aliphatic rings. The van der Waals surface area contributed by atoms with Gasteiger partial charge in [-0.3, -0.25) is 4.79 Å². The molecule has 3 atom stereocenters. The van der Waals surface area contributed by atoms with E-state index in [2.05, 4.69) is 0 Å². The zero-order valence-corrected chi connectivity index (χ0v) is 10.3. The third kappa shape index (κ3) is 3.27. The smallest absolute Gasteiger partial charge is 0.256 e. The highest BCUT2D eigenvalue weighted by molar-refractivity contribution is 5.80. The predicted molar refractivity (Wildman–Crippen MR) is 64.2 cm³/mol. The van der Waals surface area contributed by atoms with E-state index in [1.807, 2.05) is 18.2 Å². The lowest BCUT2D eigenvalue weighted by atomic mass is 10.0. The third-order valence-corrected chi connectivity index (χ3v) is 2.90. The van der Waals surface area contributed by atoms with Gasteiger partial charge in [-0.1, -0.05) is 30.3 Å². The maximum atomic E-state index is 12.9. The molecule has 1 N–H and O–H groups in total. The van der Waals surface area contributed by atoms with E-state index in [0.717, 1.165) is 0 Å². The van der Waals surface area contributed by atoms with Crippen LogP contribution in [0.25, 0.3) is 0 Å². The second kappa shape index (κ2) is 5.77. The van der Waals surface area contributed by atoms with Crippen LogP contribution in [0.3, 0.4) is 0 Å². The van der Waals surface area contributed by atoms with Crippen LogP contribution in [0.4, 0.5) is 4.39 Å². The van der Waals surface area contributed by atoms with Gasteiger partial charge in [0.15, 0.2) is 6.17 Å². The van der Waals surface area contributed by atoms with Crippen molar-refractivity contribution in [3.8, 4) is 0 Å². The Morgan fingerprint density at radius 3 is 2.29 bits per heavy atom. The van der Waals surface area contributed by atoms with Crippen molar-refractivity contribution >= 4 is 5.91 Å². The number of amides is 1. The molecule has 0 bridgehead atoms. The van der Waals surface area contributed by atoms with Crippen LogP contribution in [0, 0.1) is 0 Å². The van der Waals surface area contributed by atoms with Crippen molar-refractivity contribution in [2.45, 2.75) is 32.2 Å². The summed E-state index contributed by atoms with van der Waals surface area (Å²) in [5, 5.41) is 10.1. The van der Waals surface area contributed by atoms with Crippen molar-refractivity contribution in [1.82, 2.24) is 4.90 Å². The molecule has 0 fully saturated rings. The zero-order chi connectivity index (χ0) is 13.0. The molecule has 1 aromatic carbocycles. The van der Waals surface area contributed by atoms with Crippen LogP contribution in [0.5, 0.6) is 0 Å². The zero-order valence-electron chi connectivity index (χ0n) is 10.3. The lowest BCUT2D eigenvalue weighted by Gasteiger charge is -2.29. The fourth-order valence-electron chi connectivity index (χ4n) is 1.62. The Morgan fingerprint density at radius 2 is 1.82 bits per heavy atom. The number of carbonyl (C=O) groups is 1. The summed E-state index contributed by atoms with van der Waals surface area (Å²) in [6.45, 7) is 2.89. The number of carbonyl (C=O) groups excluding carboxylic acids is 1. The molecule has 0 saturated carbocycles. The summed E-state index contributed by atoms with van der Waals surface area (Å²) in [4.78, 5) is 12.7. The molecule has 3 nitrogen and oxygen atoms in total. The van der Waals surface area contributed by atoms with Gasteiger partial charge in [-0.2, -0.15) is 0 Å². The Bertz CT molecular complexity index is 367. The van der Waals surface area contributed by atoms with Gasteiger partial charge in [0.2, 0.25) is 0 Å². The van der Waals surface area contributed by atoms with Crippen LogP contribution in [0.15, 0.2) is 30.3 Å². The van der Waals surface area contributed by atoms with E-state index in [0.29, 0.717) is 5.56 Å². The maximum Gasteiger partial charge on any atom is 0.256 e. The number of aliphatic hydroxyl groups is 1. The van der Waals surface area contributed by atoms with Crippen LogP contribution in [0.1, 0.15) is 25.5 Å². The van der Waals surface area contributed by atoms with Crippen molar-refractivity contribution in [2.75, 3.05) is 7.05 Å². The van der Waals surface area contributed by atoms with Crippen LogP contribution in [-0.4, -0.2) is 35.2 Å².